The van der Waals surface area contributed by atoms with E-state index in [9.17, 15) is 0 Å². The third kappa shape index (κ3) is 2.23. The van der Waals surface area contributed by atoms with Crippen LogP contribution in [-0.2, 0) is 0 Å². The van der Waals surface area contributed by atoms with Crippen molar-refractivity contribution in [3.8, 4) is 0 Å². The average molecular weight is 182 g/mol. The van der Waals surface area contributed by atoms with Gasteiger partial charge in [-0.1, -0.05) is 6.92 Å². The Kier molecular flexibility index (Phi) is 2.61. The topological polar surface area (TPSA) is 29.3 Å². The van der Waals surface area contributed by atoms with Crippen LogP contribution in [0.4, 0.5) is 0 Å². The lowest BCUT2D eigenvalue weighted by Gasteiger charge is -2.33. The van der Waals surface area contributed by atoms with Gasteiger partial charge in [-0.05, 0) is 44.1 Å². The molecule has 1 heterocycles. The summed E-state index contributed by atoms with van der Waals surface area (Å²) in [7, 11) is 0. The third-order valence-electron chi connectivity index (χ3n) is 3.81. The van der Waals surface area contributed by atoms with Gasteiger partial charge in [0.1, 0.15) is 0 Å². The van der Waals surface area contributed by atoms with Gasteiger partial charge >= 0.3 is 0 Å². The normalized spacial score (nSPS) is 33.2. The van der Waals surface area contributed by atoms with E-state index in [1.54, 1.807) is 0 Å². The second-order valence-electron chi connectivity index (χ2n) is 4.99. The van der Waals surface area contributed by atoms with Crippen molar-refractivity contribution < 1.29 is 0 Å². The van der Waals surface area contributed by atoms with E-state index < -0.39 is 0 Å². The van der Waals surface area contributed by atoms with E-state index in [2.05, 4.69) is 11.8 Å². The second kappa shape index (κ2) is 3.58. The minimum atomic E-state index is 0.446. The number of nitrogens with two attached hydrogens (primary N) is 1. The van der Waals surface area contributed by atoms with Crippen LogP contribution in [0.15, 0.2) is 0 Å². The van der Waals surface area contributed by atoms with E-state index in [0.717, 1.165) is 6.54 Å². The average Bonchev–Trinajstić information content (AvgIpc) is 2.86. The van der Waals surface area contributed by atoms with Crippen molar-refractivity contribution in [1.29, 1.82) is 0 Å². The molecule has 1 unspecified atom stereocenters. The molecular weight excluding hydrogens is 160 g/mol. The first-order valence-corrected chi connectivity index (χ1v) is 5.72. The van der Waals surface area contributed by atoms with E-state index in [4.69, 9.17) is 5.73 Å². The molecule has 76 valence electrons. The van der Waals surface area contributed by atoms with Crippen molar-refractivity contribution in [2.75, 3.05) is 19.6 Å². The molecule has 0 aromatic carbocycles. The predicted molar refractivity (Wildman–Crippen MR) is 55.6 cm³/mol. The molecule has 2 rings (SSSR count). The summed E-state index contributed by atoms with van der Waals surface area (Å²) < 4.78 is 0. The van der Waals surface area contributed by atoms with Gasteiger partial charge in [-0.2, -0.15) is 0 Å². The number of hydrogen-bond acceptors (Lipinski definition) is 2. The minimum absolute atomic E-state index is 0.446. The van der Waals surface area contributed by atoms with Crippen molar-refractivity contribution in [1.82, 2.24) is 4.90 Å². The number of nitrogens with zero attached hydrogens (tertiary/aromatic N) is 1. The summed E-state index contributed by atoms with van der Waals surface area (Å²) in [5.41, 5.74) is 6.67. The van der Waals surface area contributed by atoms with Crippen molar-refractivity contribution in [3.05, 3.63) is 0 Å². The van der Waals surface area contributed by atoms with Crippen molar-refractivity contribution in [3.63, 3.8) is 0 Å². The summed E-state index contributed by atoms with van der Waals surface area (Å²) in [5.74, 6) is 0. The fourth-order valence-electron chi connectivity index (χ4n) is 2.51. The van der Waals surface area contributed by atoms with E-state index in [1.807, 2.05) is 0 Å². The quantitative estimate of drug-likeness (QED) is 0.718. The van der Waals surface area contributed by atoms with Crippen LogP contribution in [-0.4, -0.2) is 30.6 Å². The molecule has 0 radical (unpaired) electrons. The Morgan fingerprint density at radius 3 is 2.77 bits per heavy atom. The fraction of sp³-hybridized carbons (Fsp3) is 1.00. The highest BCUT2D eigenvalue weighted by molar-refractivity contribution is 4.95. The van der Waals surface area contributed by atoms with Crippen LogP contribution in [0, 0.1) is 5.41 Å². The lowest BCUT2D eigenvalue weighted by Crippen LogP contribution is -2.44. The van der Waals surface area contributed by atoms with Crippen LogP contribution >= 0.6 is 0 Å². The molecule has 1 saturated carbocycles. The molecule has 2 fully saturated rings. The summed E-state index contributed by atoms with van der Waals surface area (Å²) in [6, 6.07) is 0.446. The molecule has 0 amide bonds. The number of likely N-dealkylation sites (tertiary alicyclic amines) is 1. The van der Waals surface area contributed by atoms with Gasteiger partial charge in [0.15, 0.2) is 0 Å². The van der Waals surface area contributed by atoms with Gasteiger partial charge in [0.2, 0.25) is 0 Å². The Balaban J connectivity index is 1.80. The molecule has 0 bridgehead atoms. The minimum Gasteiger partial charge on any atom is -0.327 e. The van der Waals surface area contributed by atoms with Crippen LogP contribution in [0.2, 0.25) is 0 Å². The summed E-state index contributed by atoms with van der Waals surface area (Å²) in [6.07, 6.45) is 6.81. The van der Waals surface area contributed by atoms with Crippen molar-refractivity contribution in [2.45, 2.75) is 45.1 Å². The summed E-state index contributed by atoms with van der Waals surface area (Å²) in [5, 5.41) is 0. The fourth-order valence-corrected chi connectivity index (χ4v) is 2.51. The first-order chi connectivity index (χ1) is 6.24. The highest BCUT2D eigenvalue weighted by Crippen LogP contribution is 2.49. The molecule has 1 saturated heterocycles. The number of rotatable bonds is 3. The Bertz CT molecular complexity index is 175. The molecule has 0 aromatic heterocycles. The first-order valence-electron chi connectivity index (χ1n) is 5.72. The zero-order valence-corrected chi connectivity index (χ0v) is 8.76. The molecular formula is C11H22N2. The molecule has 2 nitrogen and oxygen atoms in total. The molecule has 0 aromatic rings. The van der Waals surface area contributed by atoms with E-state index in [-0.39, 0.29) is 0 Å². The second-order valence-corrected chi connectivity index (χ2v) is 4.99. The van der Waals surface area contributed by atoms with Crippen LogP contribution in [0.25, 0.3) is 0 Å². The van der Waals surface area contributed by atoms with Gasteiger partial charge in [-0.15, -0.1) is 0 Å². The molecule has 2 heteroatoms. The third-order valence-corrected chi connectivity index (χ3v) is 3.81. The predicted octanol–water partition coefficient (Wildman–Crippen LogP) is 1.60. The lowest BCUT2D eigenvalue weighted by atomic mass is 10.00. The van der Waals surface area contributed by atoms with E-state index >= 15 is 0 Å². The SMILES string of the molecule is CCC1(CN2CCCC(N)C2)CC1. The molecule has 0 spiro atoms. The van der Waals surface area contributed by atoms with Gasteiger partial charge in [-0.3, -0.25) is 0 Å². The van der Waals surface area contributed by atoms with Crippen LogP contribution in [0.3, 0.4) is 0 Å². The van der Waals surface area contributed by atoms with Gasteiger partial charge in [-0.25, -0.2) is 0 Å². The molecule has 2 aliphatic rings. The summed E-state index contributed by atoms with van der Waals surface area (Å²) >= 11 is 0. The van der Waals surface area contributed by atoms with Crippen LogP contribution < -0.4 is 5.73 Å². The highest BCUT2D eigenvalue weighted by atomic mass is 15.2. The molecule has 13 heavy (non-hydrogen) atoms. The van der Waals surface area contributed by atoms with Gasteiger partial charge in [0.25, 0.3) is 0 Å². The Morgan fingerprint density at radius 1 is 1.46 bits per heavy atom. The van der Waals surface area contributed by atoms with E-state index in [0.29, 0.717) is 11.5 Å². The zero-order chi connectivity index (χ0) is 9.31. The summed E-state index contributed by atoms with van der Waals surface area (Å²) in [6.45, 7) is 6.07. The van der Waals surface area contributed by atoms with E-state index in [1.165, 1.54) is 45.2 Å². The van der Waals surface area contributed by atoms with Crippen LogP contribution in [0.5, 0.6) is 0 Å². The monoisotopic (exact) mass is 182 g/mol. The molecule has 2 N–H and O–H groups in total. The maximum atomic E-state index is 5.96. The maximum Gasteiger partial charge on any atom is 0.0168 e. The lowest BCUT2D eigenvalue weighted by molar-refractivity contribution is 0.169. The Hall–Kier alpha value is -0.0800. The largest absolute Gasteiger partial charge is 0.327 e. The molecule has 1 atom stereocenters. The molecule has 1 aliphatic carbocycles. The molecule has 1 aliphatic heterocycles. The highest BCUT2D eigenvalue weighted by Gasteiger charge is 2.42. The number of hydrogen-bond donors (Lipinski definition) is 1. The number of piperidine rings is 1. The van der Waals surface area contributed by atoms with Crippen molar-refractivity contribution in [2.24, 2.45) is 11.1 Å². The maximum absolute atomic E-state index is 5.96. The van der Waals surface area contributed by atoms with Crippen LogP contribution in [0.1, 0.15) is 39.0 Å². The van der Waals surface area contributed by atoms with Gasteiger partial charge < -0.3 is 10.6 Å². The zero-order valence-electron chi connectivity index (χ0n) is 8.76. The first kappa shape index (κ1) is 9.47. The smallest absolute Gasteiger partial charge is 0.0168 e. The Morgan fingerprint density at radius 2 is 2.23 bits per heavy atom. The van der Waals surface area contributed by atoms with Gasteiger partial charge in [0, 0.05) is 19.1 Å². The standard InChI is InChI=1S/C11H22N2/c1-2-11(5-6-11)9-13-7-3-4-10(12)8-13/h10H,2-9,12H2,1H3. The Labute approximate surface area is 81.5 Å². The summed E-state index contributed by atoms with van der Waals surface area (Å²) in [4.78, 5) is 2.59. The van der Waals surface area contributed by atoms with Crippen molar-refractivity contribution >= 4 is 0 Å². The van der Waals surface area contributed by atoms with Gasteiger partial charge in [0.05, 0.1) is 0 Å².